The van der Waals surface area contributed by atoms with Crippen LogP contribution in [0.3, 0.4) is 0 Å². The Labute approximate surface area is 92.3 Å². The second-order valence-electron chi connectivity index (χ2n) is 3.28. The Morgan fingerprint density at radius 1 is 1.07 bits per heavy atom. The second-order valence-corrected chi connectivity index (χ2v) is 3.84. The molecule has 1 nitrogen and oxygen atoms in total. The van der Waals surface area contributed by atoms with Crippen molar-refractivity contribution in [2.24, 2.45) is 0 Å². The minimum absolute atomic E-state index is 0.891. The zero-order valence-corrected chi connectivity index (χ0v) is 9.42. The normalized spacial score (nSPS) is 10.4. The summed E-state index contributed by atoms with van der Waals surface area (Å²) in [4.78, 5) is 3.23. The number of alkyl halides is 1. The summed E-state index contributed by atoms with van der Waals surface area (Å²) in [5.41, 5.74) is 4.00. The first kappa shape index (κ1) is 9.53. The van der Waals surface area contributed by atoms with Crippen LogP contribution < -0.4 is 0 Å². The first-order chi connectivity index (χ1) is 6.90. The molecule has 0 amide bonds. The predicted molar refractivity (Wildman–Crippen MR) is 62.7 cm³/mol. The van der Waals surface area contributed by atoms with E-state index in [2.05, 4.69) is 51.2 Å². The molecule has 2 rings (SSSR count). The van der Waals surface area contributed by atoms with Crippen molar-refractivity contribution in [3.8, 4) is 0 Å². The molecule has 1 N–H and O–H groups in total. The SMILES string of the molecule is BrCc1[nH]ccc1Cc1ccccc1. The van der Waals surface area contributed by atoms with Crippen LogP contribution in [-0.2, 0) is 11.8 Å². The molecule has 0 fully saturated rings. The fourth-order valence-electron chi connectivity index (χ4n) is 1.54. The highest BCUT2D eigenvalue weighted by Crippen LogP contribution is 2.15. The van der Waals surface area contributed by atoms with Crippen LogP contribution in [0.1, 0.15) is 16.8 Å². The van der Waals surface area contributed by atoms with Crippen molar-refractivity contribution in [1.82, 2.24) is 4.98 Å². The molecule has 0 atom stereocenters. The molecule has 0 aliphatic rings. The molecule has 0 aliphatic heterocycles. The first-order valence-electron chi connectivity index (χ1n) is 4.65. The molecule has 1 heterocycles. The van der Waals surface area contributed by atoms with E-state index in [0.717, 1.165) is 11.8 Å². The third-order valence-corrected chi connectivity index (χ3v) is 2.86. The highest BCUT2D eigenvalue weighted by atomic mass is 79.9. The molecule has 2 heteroatoms. The van der Waals surface area contributed by atoms with Crippen LogP contribution >= 0.6 is 15.9 Å². The summed E-state index contributed by atoms with van der Waals surface area (Å²) < 4.78 is 0. The van der Waals surface area contributed by atoms with Gasteiger partial charge in [0, 0.05) is 17.2 Å². The van der Waals surface area contributed by atoms with Gasteiger partial charge in [-0.1, -0.05) is 46.3 Å². The zero-order chi connectivity index (χ0) is 9.80. The van der Waals surface area contributed by atoms with Crippen molar-refractivity contribution >= 4 is 15.9 Å². The van der Waals surface area contributed by atoms with E-state index < -0.39 is 0 Å². The molecule has 2 aromatic rings. The first-order valence-corrected chi connectivity index (χ1v) is 5.77. The van der Waals surface area contributed by atoms with Gasteiger partial charge in [-0.25, -0.2) is 0 Å². The largest absolute Gasteiger partial charge is 0.364 e. The number of nitrogens with one attached hydrogen (secondary N) is 1. The van der Waals surface area contributed by atoms with E-state index in [9.17, 15) is 0 Å². The van der Waals surface area contributed by atoms with E-state index in [1.807, 2.05) is 12.3 Å². The maximum absolute atomic E-state index is 3.47. The maximum Gasteiger partial charge on any atom is 0.0437 e. The summed E-state index contributed by atoms with van der Waals surface area (Å²) in [6.07, 6.45) is 3.00. The molecule has 72 valence electrons. The molecule has 0 radical (unpaired) electrons. The van der Waals surface area contributed by atoms with Gasteiger partial charge in [-0.15, -0.1) is 0 Å². The lowest BCUT2D eigenvalue weighted by molar-refractivity contribution is 1.13. The van der Waals surface area contributed by atoms with Gasteiger partial charge in [-0.05, 0) is 23.6 Å². The van der Waals surface area contributed by atoms with E-state index in [1.54, 1.807) is 0 Å². The molecular weight excluding hydrogens is 238 g/mol. The fraction of sp³-hybridized carbons (Fsp3) is 0.167. The Morgan fingerprint density at radius 3 is 2.57 bits per heavy atom. The smallest absolute Gasteiger partial charge is 0.0437 e. The quantitative estimate of drug-likeness (QED) is 0.802. The molecule has 0 bridgehead atoms. The topological polar surface area (TPSA) is 15.8 Å². The lowest BCUT2D eigenvalue weighted by atomic mass is 10.1. The lowest BCUT2D eigenvalue weighted by Gasteiger charge is -2.01. The molecule has 1 aromatic heterocycles. The van der Waals surface area contributed by atoms with E-state index >= 15 is 0 Å². The molecular formula is C12H12BrN. The van der Waals surface area contributed by atoms with E-state index in [0.29, 0.717) is 0 Å². The summed E-state index contributed by atoms with van der Waals surface area (Å²) in [6, 6.07) is 12.7. The highest BCUT2D eigenvalue weighted by Gasteiger charge is 2.02. The highest BCUT2D eigenvalue weighted by molar-refractivity contribution is 9.08. The van der Waals surface area contributed by atoms with Gasteiger partial charge in [0.1, 0.15) is 0 Å². The lowest BCUT2D eigenvalue weighted by Crippen LogP contribution is -1.90. The Bertz CT molecular complexity index is 392. The second kappa shape index (κ2) is 4.47. The van der Waals surface area contributed by atoms with Gasteiger partial charge in [0.05, 0.1) is 0 Å². The average Bonchev–Trinajstić information content (AvgIpc) is 2.67. The molecule has 1 aromatic carbocycles. The summed E-state index contributed by atoms with van der Waals surface area (Å²) in [5, 5.41) is 0.891. The van der Waals surface area contributed by atoms with Crippen molar-refractivity contribution in [1.29, 1.82) is 0 Å². The standard InChI is InChI=1S/C12H12BrN/c13-9-12-11(6-7-14-12)8-10-4-2-1-3-5-10/h1-7,14H,8-9H2. The van der Waals surface area contributed by atoms with Gasteiger partial charge in [0.25, 0.3) is 0 Å². The van der Waals surface area contributed by atoms with Gasteiger partial charge >= 0.3 is 0 Å². The van der Waals surface area contributed by atoms with Crippen LogP contribution in [0.15, 0.2) is 42.6 Å². The molecule has 0 unspecified atom stereocenters. The van der Waals surface area contributed by atoms with Crippen LogP contribution in [0.4, 0.5) is 0 Å². The summed E-state index contributed by atoms with van der Waals surface area (Å²) in [5.74, 6) is 0. The summed E-state index contributed by atoms with van der Waals surface area (Å²) in [7, 11) is 0. The minimum Gasteiger partial charge on any atom is -0.364 e. The van der Waals surface area contributed by atoms with Crippen molar-refractivity contribution in [2.45, 2.75) is 11.8 Å². The van der Waals surface area contributed by atoms with Crippen molar-refractivity contribution in [3.05, 3.63) is 59.4 Å². The average molecular weight is 250 g/mol. The van der Waals surface area contributed by atoms with Crippen molar-refractivity contribution in [2.75, 3.05) is 0 Å². The monoisotopic (exact) mass is 249 g/mol. The Balaban J connectivity index is 2.19. The molecule has 0 aliphatic carbocycles. The third kappa shape index (κ3) is 2.07. The van der Waals surface area contributed by atoms with E-state index in [1.165, 1.54) is 16.8 Å². The Kier molecular flexibility index (Phi) is 3.04. The molecule has 14 heavy (non-hydrogen) atoms. The van der Waals surface area contributed by atoms with E-state index in [-0.39, 0.29) is 0 Å². The van der Waals surface area contributed by atoms with Crippen LogP contribution in [0, 0.1) is 0 Å². The summed E-state index contributed by atoms with van der Waals surface area (Å²) >= 11 is 3.47. The van der Waals surface area contributed by atoms with Crippen molar-refractivity contribution in [3.63, 3.8) is 0 Å². The molecule has 0 saturated carbocycles. The molecule has 0 saturated heterocycles. The van der Waals surface area contributed by atoms with E-state index in [4.69, 9.17) is 0 Å². The number of rotatable bonds is 3. The van der Waals surface area contributed by atoms with Crippen LogP contribution in [0.2, 0.25) is 0 Å². The predicted octanol–water partition coefficient (Wildman–Crippen LogP) is 3.50. The van der Waals surface area contributed by atoms with Crippen LogP contribution in [-0.4, -0.2) is 4.98 Å². The van der Waals surface area contributed by atoms with Gasteiger partial charge in [-0.3, -0.25) is 0 Å². The van der Waals surface area contributed by atoms with Gasteiger partial charge in [0.2, 0.25) is 0 Å². The number of hydrogen-bond donors (Lipinski definition) is 1. The number of halogens is 1. The van der Waals surface area contributed by atoms with Crippen molar-refractivity contribution < 1.29 is 0 Å². The Hall–Kier alpha value is -1.02. The maximum atomic E-state index is 3.47. The zero-order valence-electron chi connectivity index (χ0n) is 7.83. The number of aromatic amines is 1. The van der Waals surface area contributed by atoms with Gasteiger partial charge in [-0.2, -0.15) is 0 Å². The van der Waals surface area contributed by atoms with Crippen LogP contribution in [0.25, 0.3) is 0 Å². The number of benzene rings is 1. The fourth-order valence-corrected chi connectivity index (χ4v) is 2.06. The Morgan fingerprint density at radius 2 is 1.86 bits per heavy atom. The third-order valence-electron chi connectivity index (χ3n) is 2.30. The summed E-state index contributed by atoms with van der Waals surface area (Å²) in [6.45, 7) is 0. The minimum atomic E-state index is 0.891. The molecule has 0 spiro atoms. The van der Waals surface area contributed by atoms with Crippen LogP contribution in [0.5, 0.6) is 0 Å². The number of aromatic nitrogens is 1. The number of hydrogen-bond acceptors (Lipinski definition) is 0. The van der Waals surface area contributed by atoms with Gasteiger partial charge < -0.3 is 4.98 Å². The van der Waals surface area contributed by atoms with Gasteiger partial charge in [0.15, 0.2) is 0 Å². The number of H-pyrrole nitrogens is 1.